The molecule has 3 atom stereocenters. The van der Waals surface area contributed by atoms with Gasteiger partial charge in [0.1, 0.15) is 5.92 Å². The van der Waals surface area contributed by atoms with Crippen LogP contribution in [-0.2, 0) is 30.3 Å². The van der Waals surface area contributed by atoms with Gasteiger partial charge in [-0.2, -0.15) is 0 Å². The zero-order valence-corrected chi connectivity index (χ0v) is 28.5. The molecule has 1 aromatic carbocycles. The fourth-order valence-corrected chi connectivity index (χ4v) is 8.83. The number of methoxy groups -OCH3 is 2. The van der Waals surface area contributed by atoms with E-state index in [-0.39, 0.29) is 33.6 Å². The van der Waals surface area contributed by atoms with Crippen molar-refractivity contribution in [1.82, 2.24) is 19.7 Å². The average molecular weight is 689 g/mol. The minimum absolute atomic E-state index is 0.0881. The summed E-state index contributed by atoms with van der Waals surface area (Å²) in [5.41, 5.74) is 1.21. The predicted octanol–water partition coefficient (Wildman–Crippen LogP) is 4.47. The number of aliphatic imine (C=N–C) groups is 1. The van der Waals surface area contributed by atoms with Crippen molar-refractivity contribution in [3.63, 3.8) is 0 Å². The molecule has 7 rings (SSSR count). The molecular formula is C33H39Cl2N5O5S. The molecule has 0 radical (unpaired) electrons. The molecule has 2 unspecified atom stereocenters. The van der Waals surface area contributed by atoms with Crippen LogP contribution < -0.4 is 0 Å². The molecule has 4 fully saturated rings. The summed E-state index contributed by atoms with van der Waals surface area (Å²) in [5.74, 6) is -2.67. The molecule has 13 heteroatoms. The van der Waals surface area contributed by atoms with Crippen LogP contribution in [-0.4, -0.2) is 109 Å². The molecule has 0 N–H and O–H groups in total. The van der Waals surface area contributed by atoms with E-state index in [0.717, 1.165) is 30.6 Å². The molecule has 2 aromatic rings. The minimum atomic E-state index is -1.01. The molecule has 10 nitrogen and oxygen atoms in total. The molecular weight excluding hydrogens is 649 g/mol. The number of hydrogen-bond donors (Lipinski definition) is 0. The van der Waals surface area contributed by atoms with Gasteiger partial charge in [-0.05, 0) is 56.0 Å². The maximum Gasteiger partial charge on any atom is 0.336 e. The zero-order chi connectivity index (χ0) is 32.4. The Balaban J connectivity index is 1.32. The van der Waals surface area contributed by atoms with E-state index < -0.39 is 23.8 Å². The zero-order valence-electron chi connectivity index (χ0n) is 26.1. The molecule has 0 spiro atoms. The summed E-state index contributed by atoms with van der Waals surface area (Å²) in [6.07, 6.45) is 4.97. The lowest BCUT2D eigenvalue weighted by Gasteiger charge is -2.51. The third-order valence-electron chi connectivity index (χ3n) is 9.92. The molecule has 0 saturated carbocycles. The van der Waals surface area contributed by atoms with Gasteiger partial charge in [-0.1, -0.05) is 29.3 Å². The van der Waals surface area contributed by atoms with Gasteiger partial charge in [-0.15, -0.1) is 11.3 Å². The van der Waals surface area contributed by atoms with E-state index >= 15 is 0 Å². The lowest BCUT2D eigenvalue weighted by atomic mass is 9.74. The van der Waals surface area contributed by atoms with Crippen molar-refractivity contribution >= 4 is 58.1 Å². The number of nitrogens with zero attached hydrogens (tertiary/aromatic N) is 5. The quantitative estimate of drug-likeness (QED) is 0.356. The van der Waals surface area contributed by atoms with Crippen LogP contribution in [0.1, 0.15) is 42.2 Å². The van der Waals surface area contributed by atoms with Crippen LogP contribution in [0.2, 0.25) is 10.0 Å². The van der Waals surface area contributed by atoms with E-state index in [1.165, 1.54) is 51.5 Å². The topological polar surface area (TPSA) is 105 Å². The molecule has 1 aromatic heterocycles. The average Bonchev–Trinajstić information content (AvgIpc) is 3.61. The Hall–Kier alpha value is -2.83. The van der Waals surface area contributed by atoms with Gasteiger partial charge in [0.25, 0.3) is 0 Å². The van der Waals surface area contributed by atoms with E-state index in [9.17, 15) is 14.4 Å². The minimum Gasteiger partial charge on any atom is -0.468 e. The molecule has 5 aliphatic heterocycles. The summed E-state index contributed by atoms with van der Waals surface area (Å²) < 4.78 is 10.5. The number of fused-ring (bicyclic) bond motifs is 3. The van der Waals surface area contributed by atoms with E-state index in [4.69, 9.17) is 37.7 Å². The number of hydrogen-bond acceptors (Lipinski definition) is 10. The van der Waals surface area contributed by atoms with Gasteiger partial charge in [0.2, 0.25) is 5.91 Å². The first-order valence-corrected chi connectivity index (χ1v) is 17.5. The molecule has 1 amide bonds. The number of carbonyl (C=O) groups excluding carboxylic acids is 3. The lowest BCUT2D eigenvalue weighted by molar-refractivity contribution is -0.143. The summed E-state index contributed by atoms with van der Waals surface area (Å²) in [5, 5.41) is 3.32. The third-order valence-corrected chi connectivity index (χ3v) is 11.4. The summed E-state index contributed by atoms with van der Waals surface area (Å²) in [4.78, 5) is 57.3. The molecule has 0 aliphatic carbocycles. The molecule has 46 heavy (non-hydrogen) atoms. The number of esters is 2. The number of piperidine rings is 3. The largest absolute Gasteiger partial charge is 0.468 e. The van der Waals surface area contributed by atoms with Crippen LogP contribution >= 0.6 is 34.5 Å². The molecule has 246 valence electrons. The Labute approximate surface area is 283 Å². The van der Waals surface area contributed by atoms with E-state index in [2.05, 4.69) is 14.8 Å². The van der Waals surface area contributed by atoms with Crippen LogP contribution in [0.15, 0.2) is 46.0 Å². The second kappa shape index (κ2) is 14.5. The lowest BCUT2D eigenvalue weighted by Crippen LogP contribution is -2.61. The Morgan fingerprint density at radius 3 is 2.28 bits per heavy atom. The first-order valence-electron chi connectivity index (χ1n) is 15.8. The number of piperazine rings is 1. The molecule has 6 heterocycles. The van der Waals surface area contributed by atoms with Gasteiger partial charge in [0, 0.05) is 78.4 Å². The first kappa shape index (κ1) is 33.1. The smallest absolute Gasteiger partial charge is 0.336 e. The highest BCUT2D eigenvalue weighted by atomic mass is 35.5. The van der Waals surface area contributed by atoms with Crippen molar-refractivity contribution in [2.24, 2.45) is 16.8 Å². The van der Waals surface area contributed by atoms with Gasteiger partial charge in [-0.25, -0.2) is 9.78 Å². The van der Waals surface area contributed by atoms with Gasteiger partial charge in [-0.3, -0.25) is 19.5 Å². The number of ether oxygens (including phenoxy) is 2. The van der Waals surface area contributed by atoms with Crippen molar-refractivity contribution in [2.75, 3.05) is 60.0 Å². The second-order valence-corrected chi connectivity index (χ2v) is 14.1. The second-order valence-electron chi connectivity index (χ2n) is 12.3. The normalized spacial score (nSPS) is 26.6. The number of amides is 1. The van der Waals surface area contributed by atoms with Crippen molar-refractivity contribution in [3.05, 3.63) is 61.7 Å². The van der Waals surface area contributed by atoms with Gasteiger partial charge in [0.05, 0.1) is 36.9 Å². The van der Waals surface area contributed by atoms with Crippen molar-refractivity contribution in [3.8, 4) is 0 Å². The highest BCUT2D eigenvalue weighted by Gasteiger charge is 2.46. The monoisotopic (exact) mass is 687 g/mol. The van der Waals surface area contributed by atoms with E-state index in [1.54, 1.807) is 24.4 Å². The SMILES string of the molecule is COC(=O)C1=C(CC(=O)N2CCN([C@@H]3CN4CCC3CC4)CC2)N=C(CCc2nccs2)C(C(=O)OC)C1c1c(Cl)cccc1Cl. The standard InChI is InChI=1S/C33H39Cl2N5O5S/c1-44-32(42)29-23(6-7-26-36-10-17-46-26)37-24(30(33(43)45-2)31(29)28-21(34)4-3-5-22(28)35)18-27(41)40-15-13-39(14-16-40)25-19-38-11-8-20(25)9-12-38/h3-5,10,17,20,25,29,31H,6-9,11-16,18-19H2,1-2H3/t25-,29?,31?/m1/s1. The predicted molar refractivity (Wildman–Crippen MR) is 177 cm³/mol. The summed E-state index contributed by atoms with van der Waals surface area (Å²) in [6.45, 7) is 6.34. The fraction of sp³-hybridized carbons (Fsp3) is 0.545. The molecule has 2 bridgehead atoms. The van der Waals surface area contributed by atoms with Crippen molar-refractivity contribution < 1.29 is 23.9 Å². The highest BCUT2D eigenvalue weighted by Crippen LogP contribution is 2.46. The summed E-state index contributed by atoms with van der Waals surface area (Å²) >= 11 is 15.0. The number of rotatable bonds is 9. The van der Waals surface area contributed by atoms with Crippen molar-refractivity contribution in [2.45, 2.75) is 44.1 Å². The van der Waals surface area contributed by atoms with Gasteiger partial charge >= 0.3 is 11.9 Å². The van der Waals surface area contributed by atoms with Gasteiger partial charge < -0.3 is 19.3 Å². The summed E-state index contributed by atoms with van der Waals surface area (Å²) in [7, 11) is 2.56. The maximum absolute atomic E-state index is 13.9. The highest BCUT2D eigenvalue weighted by molar-refractivity contribution is 7.09. The summed E-state index contributed by atoms with van der Waals surface area (Å²) in [6, 6.07) is 5.56. The Bertz CT molecular complexity index is 1500. The van der Waals surface area contributed by atoms with Crippen LogP contribution in [0.5, 0.6) is 0 Å². The fourth-order valence-electron chi connectivity index (χ4n) is 7.58. The molecule has 4 saturated heterocycles. The first-order chi connectivity index (χ1) is 22.3. The Morgan fingerprint density at radius 2 is 1.70 bits per heavy atom. The number of thiazole rings is 1. The Kier molecular flexibility index (Phi) is 10.4. The van der Waals surface area contributed by atoms with Crippen LogP contribution in [0, 0.1) is 11.8 Å². The number of aryl methyl sites for hydroxylation is 1. The maximum atomic E-state index is 13.9. The van der Waals surface area contributed by atoms with Crippen LogP contribution in [0.4, 0.5) is 0 Å². The number of carbonyl (C=O) groups is 3. The van der Waals surface area contributed by atoms with Crippen LogP contribution in [0.25, 0.3) is 0 Å². The third kappa shape index (κ3) is 6.75. The van der Waals surface area contributed by atoms with E-state index in [1.807, 2.05) is 10.3 Å². The van der Waals surface area contributed by atoms with Crippen LogP contribution in [0.3, 0.4) is 0 Å². The van der Waals surface area contributed by atoms with Crippen molar-refractivity contribution in [1.29, 1.82) is 0 Å². The molecule has 5 aliphatic rings. The number of aromatic nitrogens is 1. The Morgan fingerprint density at radius 1 is 0.978 bits per heavy atom. The number of halogens is 2. The van der Waals surface area contributed by atoms with Gasteiger partial charge in [0.15, 0.2) is 0 Å². The van der Waals surface area contributed by atoms with E-state index in [0.29, 0.717) is 43.2 Å². The number of benzene rings is 1.